The van der Waals surface area contributed by atoms with Gasteiger partial charge in [-0.05, 0) is 72.8 Å². The van der Waals surface area contributed by atoms with Gasteiger partial charge in [-0.2, -0.15) is 0 Å². The zero-order valence-electron chi connectivity index (χ0n) is 18.3. The van der Waals surface area contributed by atoms with Crippen LogP contribution in [-0.4, -0.2) is 54.0 Å². The Labute approximate surface area is 226 Å². The number of anilines is 2. The molecule has 0 aliphatic carbocycles. The molecule has 9 nitrogen and oxygen atoms in total. The average molecular weight is 680 g/mol. The number of sulfone groups is 1. The molecule has 1 aliphatic rings. The summed E-state index contributed by atoms with van der Waals surface area (Å²) in [6, 6.07) is 16.0. The van der Waals surface area contributed by atoms with Crippen LogP contribution in [0.1, 0.15) is 0 Å². The summed E-state index contributed by atoms with van der Waals surface area (Å²) >= 11 is 6.50. The van der Waals surface area contributed by atoms with Crippen LogP contribution < -0.4 is 9.03 Å². The summed E-state index contributed by atoms with van der Waals surface area (Å²) in [4.78, 5) is -0.0595. The SMILES string of the molecule is O=S1(=O)C[C@@H](O)[C@H](N(c2ccc(NS(=O)(=O)c3ccc(Br)cc3)cc2)S(=O)(=O)c2ccc(Br)cc2)C1. The second-order valence-corrected chi connectivity index (χ2v) is 15.6. The first kappa shape index (κ1) is 27.1. The van der Waals surface area contributed by atoms with E-state index >= 15 is 0 Å². The Morgan fingerprint density at radius 3 is 1.75 bits per heavy atom. The summed E-state index contributed by atoms with van der Waals surface area (Å²) in [7, 11) is -11.9. The van der Waals surface area contributed by atoms with Crippen LogP contribution in [0.5, 0.6) is 0 Å². The number of rotatable bonds is 7. The highest BCUT2D eigenvalue weighted by atomic mass is 79.9. The van der Waals surface area contributed by atoms with Crippen molar-refractivity contribution in [1.82, 2.24) is 0 Å². The van der Waals surface area contributed by atoms with Gasteiger partial charge in [0.05, 0.1) is 39.1 Å². The zero-order chi connectivity index (χ0) is 26.3. The molecular weight excluding hydrogens is 660 g/mol. The Kier molecular flexibility index (Phi) is 7.57. The third-order valence-corrected chi connectivity index (χ3v) is 11.5. The van der Waals surface area contributed by atoms with Crippen LogP contribution in [0.3, 0.4) is 0 Å². The number of hydrogen-bond donors (Lipinski definition) is 2. The third-order valence-electron chi connectivity index (χ3n) is 5.46. The lowest BCUT2D eigenvalue weighted by molar-refractivity contribution is 0.184. The summed E-state index contributed by atoms with van der Waals surface area (Å²) in [6.45, 7) is 0. The number of nitrogens with zero attached hydrogens (tertiary/aromatic N) is 1. The molecule has 1 aliphatic heterocycles. The number of aliphatic hydroxyl groups is 1. The number of benzene rings is 3. The van der Waals surface area contributed by atoms with Gasteiger partial charge in [0.25, 0.3) is 20.0 Å². The Hall–Kier alpha value is -1.97. The fourth-order valence-electron chi connectivity index (χ4n) is 3.77. The van der Waals surface area contributed by atoms with Crippen LogP contribution in [0.25, 0.3) is 0 Å². The Balaban J connectivity index is 1.71. The van der Waals surface area contributed by atoms with Gasteiger partial charge < -0.3 is 5.11 Å². The van der Waals surface area contributed by atoms with Crippen molar-refractivity contribution in [2.24, 2.45) is 0 Å². The topological polar surface area (TPSA) is 138 Å². The molecule has 0 unspecified atom stereocenters. The minimum Gasteiger partial charge on any atom is -0.390 e. The molecule has 1 heterocycles. The van der Waals surface area contributed by atoms with Crippen LogP contribution >= 0.6 is 31.9 Å². The molecule has 3 aromatic carbocycles. The molecule has 0 amide bonds. The molecule has 3 aromatic rings. The van der Waals surface area contributed by atoms with Crippen molar-refractivity contribution >= 4 is 73.1 Å². The lowest BCUT2D eigenvalue weighted by Crippen LogP contribution is -2.47. The van der Waals surface area contributed by atoms with Crippen LogP contribution in [-0.2, 0) is 29.9 Å². The van der Waals surface area contributed by atoms with E-state index in [9.17, 15) is 30.4 Å². The highest BCUT2D eigenvalue weighted by Crippen LogP contribution is 2.32. The van der Waals surface area contributed by atoms with E-state index in [1.54, 1.807) is 12.1 Å². The van der Waals surface area contributed by atoms with Gasteiger partial charge >= 0.3 is 0 Å². The van der Waals surface area contributed by atoms with E-state index in [4.69, 9.17) is 0 Å². The van der Waals surface area contributed by atoms with Crippen molar-refractivity contribution in [2.75, 3.05) is 20.5 Å². The second kappa shape index (κ2) is 10.1. The molecule has 0 spiro atoms. The zero-order valence-corrected chi connectivity index (χ0v) is 23.9. The van der Waals surface area contributed by atoms with Gasteiger partial charge in [0, 0.05) is 14.6 Å². The molecule has 4 rings (SSSR count). The van der Waals surface area contributed by atoms with Crippen LogP contribution in [0.4, 0.5) is 11.4 Å². The van der Waals surface area contributed by atoms with Gasteiger partial charge in [0.1, 0.15) is 0 Å². The van der Waals surface area contributed by atoms with Gasteiger partial charge in [-0.1, -0.05) is 31.9 Å². The first-order chi connectivity index (χ1) is 16.8. The molecule has 0 saturated carbocycles. The summed E-state index contributed by atoms with van der Waals surface area (Å²) in [5.74, 6) is -1.11. The van der Waals surface area contributed by atoms with Crippen LogP contribution in [0.15, 0.2) is 91.5 Å². The fraction of sp³-hybridized carbons (Fsp3) is 0.182. The maximum Gasteiger partial charge on any atom is 0.264 e. The standard InChI is InChI=1S/C22H20Br2N2O7S3/c23-15-1-9-19(10-2-15)35(30,31)25-17-5-7-18(8-6-17)26(21-13-34(28,29)14-22(21)27)36(32,33)20-11-3-16(24)4-12-20/h1-12,21-22,25,27H,13-14H2/t21-,22-/m1/s1. The van der Waals surface area contributed by atoms with Crippen LogP contribution in [0, 0.1) is 0 Å². The van der Waals surface area contributed by atoms with Gasteiger partial charge in [0.15, 0.2) is 9.84 Å². The molecule has 0 radical (unpaired) electrons. The molecule has 14 heteroatoms. The predicted molar refractivity (Wildman–Crippen MR) is 144 cm³/mol. The number of nitrogens with one attached hydrogen (secondary N) is 1. The molecule has 1 fully saturated rings. The molecule has 2 atom stereocenters. The maximum atomic E-state index is 13.6. The van der Waals surface area contributed by atoms with Gasteiger partial charge in [-0.25, -0.2) is 25.3 Å². The molecule has 0 aromatic heterocycles. The maximum absolute atomic E-state index is 13.6. The molecule has 1 saturated heterocycles. The number of hydrogen-bond acceptors (Lipinski definition) is 7. The monoisotopic (exact) mass is 678 g/mol. The average Bonchev–Trinajstić information content (AvgIpc) is 3.07. The van der Waals surface area contributed by atoms with Gasteiger partial charge in [-0.3, -0.25) is 9.03 Å². The van der Waals surface area contributed by atoms with E-state index in [0.717, 1.165) is 4.31 Å². The number of halogens is 2. The molecule has 192 valence electrons. The van der Waals surface area contributed by atoms with Crippen molar-refractivity contribution in [1.29, 1.82) is 0 Å². The Morgan fingerprint density at radius 1 is 0.778 bits per heavy atom. The van der Waals surface area contributed by atoms with E-state index in [1.807, 2.05) is 0 Å². The van der Waals surface area contributed by atoms with E-state index in [0.29, 0.717) is 8.95 Å². The van der Waals surface area contributed by atoms with E-state index in [1.165, 1.54) is 60.7 Å². The first-order valence-electron chi connectivity index (χ1n) is 10.4. The Bertz CT molecular complexity index is 1580. The minimum atomic E-state index is -4.29. The smallest absolute Gasteiger partial charge is 0.264 e. The molecule has 0 bridgehead atoms. The molecule has 2 N–H and O–H groups in total. The largest absolute Gasteiger partial charge is 0.390 e. The van der Waals surface area contributed by atoms with E-state index in [-0.39, 0.29) is 21.2 Å². The first-order valence-corrected chi connectivity index (χ1v) is 16.7. The lowest BCUT2D eigenvalue weighted by Gasteiger charge is -2.31. The number of aliphatic hydroxyl groups excluding tert-OH is 1. The highest BCUT2D eigenvalue weighted by molar-refractivity contribution is 9.10. The van der Waals surface area contributed by atoms with Crippen molar-refractivity contribution in [3.63, 3.8) is 0 Å². The third kappa shape index (κ3) is 5.78. The number of sulfonamides is 2. The normalized spacial score (nSPS) is 19.6. The molecular formula is C22H20Br2N2O7S3. The quantitative estimate of drug-likeness (QED) is 0.391. The fourth-order valence-corrected chi connectivity index (χ4v) is 8.90. The van der Waals surface area contributed by atoms with Crippen molar-refractivity contribution in [3.05, 3.63) is 81.7 Å². The summed E-state index contributed by atoms with van der Waals surface area (Å²) < 4.78 is 81.7. The van der Waals surface area contributed by atoms with Crippen LogP contribution in [0.2, 0.25) is 0 Å². The second-order valence-electron chi connectivity index (χ2n) is 8.07. The highest BCUT2D eigenvalue weighted by Gasteiger charge is 2.45. The predicted octanol–water partition coefficient (Wildman–Crippen LogP) is 3.37. The summed E-state index contributed by atoms with van der Waals surface area (Å²) in [5.41, 5.74) is 0.243. The van der Waals surface area contributed by atoms with Crippen molar-refractivity contribution < 1.29 is 30.4 Å². The minimum absolute atomic E-state index is 0.0357. The summed E-state index contributed by atoms with van der Waals surface area (Å²) in [5, 5.41) is 10.5. The molecule has 36 heavy (non-hydrogen) atoms. The van der Waals surface area contributed by atoms with Crippen molar-refractivity contribution in [3.8, 4) is 0 Å². The van der Waals surface area contributed by atoms with Gasteiger partial charge in [-0.15, -0.1) is 0 Å². The van der Waals surface area contributed by atoms with Gasteiger partial charge in [0.2, 0.25) is 0 Å². The van der Waals surface area contributed by atoms with E-state index < -0.39 is 53.5 Å². The van der Waals surface area contributed by atoms with Crippen molar-refractivity contribution in [2.45, 2.75) is 21.9 Å². The Morgan fingerprint density at radius 2 is 1.28 bits per heavy atom. The van der Waals surface area contributed by atoms with E-state index in [2.05, 4.69) is 36.6 Å². The lowest BCUT2D eigenvalue weighted by atomic mass is 10.2. The summed E-state index contributed by atoms with van der Waals surface area (Å²) in [6.07, 6.45) is -1.43.